The summed E-state index contributed by atoms with van der Waals surface area (Å²) in [5.74, 6) is 0. The summed E-state index contributed by atoms with van der Waals surface area (Å²) in [7, 11) is 1.64. The number of hydrogen-bond donors (Lipinski definition) is 1. The van der Waals surface area contributed by atoms with Crippen LogP contribution in [0.3, 0.4) is 0 Å². The quantitative estimate of drug-likeness (QED) is 0.396. The topological polar surface area (TPSA) is 55.2 Å². The Bertz CT molecular complexity index is 219. The van der Waals surface area contributed by atoms with Gasteiger partial charge in [0.25, 0.3) is 5.70 Å². The minimum Gasteiger partial charge on any atom is -0.388 e. The maximum atomic E-state index is 10.5. The van der Waals surface area contributed by atoms with Gasteiger partial charge in [-0.2, -0.15) is 0 Å². The van der Waals surface area contributed by atoms with Crippen molar-refractivity contribution >= 4 is 0 Å². The van der Waals surface area contributed by atoms with Crippen LogP contribution in [0.1, 0.15) is 20.3 Å². The van der Waals surface area contributed by atoms with E-state index < -0.39 is 4.92 Å². The van der Waals surface area contributed by atoms with Crippen molar-refractivity contribution < 1.29 is 4.92 Å². The molecule has 4 nitrogen and oxygen atoms in total. The minimum absolute atomic E-state index is 0.124. The van der Waals surface area contributed by atoms with Crippen molar-refractivity contribution in [2.75, 3.05) is 7.05 Å². The first-order valence-electron chi connectivity index (χ1n) is 3.82. The molecule has 0 aliphatic carbocycles. The fourth-order valence-corrected chi connectivity index (χ4v) is 0.858. The van der Waals surface area contributed by atoms with E-state index in [4.69, 9.17) is 0 Å². The van der Waals surface area contributed by atoms with Gasteiger partial charge in [-0.25, -0.2) is 0 Å². The van der Waals surface area contributed by atoms with Crippen molar-refractivity contribution in [2.24, 2.45) is 0 Å². The highest BCUT2D eigenvalue weighted by Crippen LogP contribution is 2.09. The Kier molecular flexibility index (Phi) is 4.76. The van der Waals surface area contributed by atoms with Gasteiger partial charge >= 0.3 is 0 Å². The van der Waals surface area contributed by atoms with Crippen molar-refractivity contribution in [1.82, 2.24) is 5.32 Å². The van der Waals surface area contributed by atoms with Crippen LogP contribution in [0, 0.1) is 10.1 Å². The second-order valence-electron chi connectivity index (χ2n) is 2.37. The van der Waals surface area contributed by atoms with Crippen LogP contribution in [0.25, 0.3) is 0 Å². The van der Waals surface area contributed by atoms with Crippen LogP contribution in [-0.2, 0) is 0 Å². The summed E-state index contributed by atoms with van der Waals surface area (Å²) in [6.07, 6.45) is 4.02. The molecule has 0 rings (SSSR count). The smallest absolute Gasteiger partial charge is 0.287 e. The molecule has 0 fully saturated rings. The first kappa shape index (κ1) is 10.7. The lowest BCUT2D eigenvalue weighted by atomic mass is 10.2. The monoisotopic (exact) mass is 170 g/mol. The molecule has 0 amide bonds. The normalized spacial score (nSPS) is 12.9. The molecular weight excluding hydrogens is 156 g/mol. The summed E-state index contributed by atoms with van der Waals surface area (Å²) in [6, 6.07) is 0. The number of rotatable bonds is 4. The molecule has 1 N–H and O–H groups in total. The molecule has 68 valence electrons. The van der Waals surface area contributed by atoms with E-state index in [0.717, 1.165) is 6.42 Å². The Morgan fingerprint density at radius 3 is 2.58 bits per heavy atom. The molecule has 0 spiro atoms. The summed E-state index contributed by atoms with van der Waals surface area (Å²) < 4.78 is 0. The third kappa shape index (κ3) is 3.18. The first-order valence-corrected chi connectivity index (χ1v) is 3.82. The molecule has 0 aromatic rings. The van der Waals surface area contributed by atoms with Crippen LogP contribution in [-0.4, -0.2) is 12.0 Å². The number of nitro groups is 1. The Morgan fingerprint density at radius 2 is 2.25 bits per heavy atom. The van der Waals surface area contributed by atoms with Crippen LogP contribution in [0.4, 0.5) is 0 Å². The molecule has 0 aromatic heterocycles. The molecule has 0 radical (unpaired) electrons. The summed E-state index contributed by atoms with van der Waals surface area (Å²) in [5.41, 5.74) is 0.816. The van der Waals surface area contributed by atoms with Gasteiger partial charge in [0.15, 0.2) is 0 Å². The van der Waals surface area contributed by atoms with Gasteiger partial charge in [-0.15, -0.1) is 0 Å². The zero-order valence-electron chi connectivity index (χ0n) is 7.63. The molecule has 0 atom stereocenters. The molecule has 0 aromatic carbocycles. The van der Waals surface area contributed by atoms with Gasteiger partial charge in [-0.1, -0.05) is 13.0 Å². The van der Waals surface area contributed by atoms with Gasteiger partial charge in [0.2, 0.25) is 0 Å². The average molecular weight is 170 g/mol. The van der Waals surface area contributed by atoms with Gasteiger partial charge < -0.3 is 5.32 Å². The predicted molar refractivity (Wildman–Crippen MR) is 48.2 cm³/mol. The zero-order valence-corrected chi connectivity index (χ0v) is 7.63. The van der Waals surface area contributed by atoms with Crippen molar-refractivity contribution in [3.8, 4) is 0 Å². The van der Waals surface area contributed by atoms with E-state index >= 15 is 0 Å². The van der Waals surface area contributed by atoms with Gasteiger partial charge in [-0.05, 0) is 13.3 Å². The fourth-order valence-electron chi connectivity index (χ4n) is 0.858. The van der Waals surface area contributed by atoms with E-state index in [1.165, 1.54) is 6.20 Å². The van der Waals surface area contributed by atoms with Crippen molar-refractivity contribution in [1.29, 1.82) is 0 Å². The van der Waals surface area contributed by atoms with Gasteiger partial charge in [0.05, 0.1) is 11.1 Å². The Labute approximate surface area is 72.1 Å². The number of allylic oxidation sites excluding steroid dienone is 2. The first-order chi connectivity index (χ1) is 5.63. The largest absolute Gasteiger partial charge is 0.388 e. The fraction of sp³-hybridized carbons (Fsp3) is 0.500. The molecule has 0 unspecified atom stereocenters. The second kappa shape index (κ2) is 5.35. The summed E-state index contributed by atoms with van der Waals surface area (Å²) in [4.78, 5) is 10.1. The second-order valence-corrected chi connectivity index (χ2v) is 2.37. The van der Waals surface area contributed by atoms with Crippen molar-refractivity contribution in [3.63, 3.8) is 0 Å². The Morgan fingerprint density at radius 1 is 1.67 bits per heavy atom. The van der Waals surface area contributed by atoms with Crippen LogP contribution in [0.15, 0.2) is 23.5 Å². The molecule has 0 aliphatic heterocycles. The highest BCUT2D eigenvalue weighted by Gasteiger charge is 2.11. The standard InChI is InChI=1S/C8H14N2O2/c1-4-5-7(2)8(6-9-3)10(11)12/h5-6,9H,4H2,1-3H3/b7-5+,8-6+. The zero-order chi connectivity index (χ0) is 9.56. The van der Waals surface area contributed by atoms with Gasteiger partial charge in [0.1, 0.15) is 0 Å². The Hall–Kier alpha value is -1.32. The maximum Gasteiger partial charge on any atom is 0.287 e. The maximum absolute atomic E-state index is 10.5. The molecule has 0 saturated heterocycles. The number of nitrogens with one attached hydrogen (secondary N) is 1. The molecule has 0 aliphatic rings. The third-order valence-electron chi connectivity index (χ3n) is 1.39. The highest BCUT2D eigenvalue weighted by molar-refractivity contribution is 5.21. The van der Waals surface area contributed by atoms with E-state index in [9.17, 15) is 10.1 Å². The van der Waals surface area contributed by atoms with Gasteiger partial charge in [0, 0.05) is 12.6 Å². The van der Waals surface area contributed by atoms with E-state index in [0.29, 0.717) is 5.57 Å². The van der Waals surface area contributed by atoms with Gasteiger partial charge in [-0.3, -0.25) is 10.1 Å². The number of nitrogens with zero attached hydrogens (tertiary/aromatic N) is 1. The molecule has 4 heteroatoms. The molecule has 0 heterocycles. The Balaban J connectivity index is 4.64. The lowest BCUT2D eigenvalue weighted by molar-refractivity contribution is -0.421. The predicted octanol–water partition coefficient (Wildman–Crippen LogP) is 1.68. The van der Waals surface area contributed by atoms with Crippen LogP contribution < -0.4 is 5.32 Å². The summed E-state index contributed by atoms with van der Waals surface area (Å²) in [6.45, 7) is 3.68. The van der Waals surface area contributed by atoms with Crippen LogP contribution >= 0.6 is 0 Å². The average Bonchev–Trinajstić information content (AvgIpc) is 1.99. The molecular formula is C8H14N2O2. The molecule has 12 heavy (non-hydrogen) atoms. The number of hydrogen-bond acceptors (Lipinski definition) is 3. The van der Waals surface area contributed by atoms with E-state index in [1.807, 2.05) is 13.0 Å². The summed E-state index contributed by atoms with van der Waals surface area (Å²) >= 11 is 0. The van der Waals surface area contributed by atoms with E-state index in [1.54, 1.807) is 14.0 Å². The molecule has 0 saturated carbocycles. The summed E-state index contributed by atoms with van der Waals surface area (Å²) in [5, 5.41) is 13.1. The third-order valence-corrected chi connectivity index (χ3v) is 1.39. The lowest BCUT2D eigenvalue weighted by Crippen LogP contribution is -2.05. The van der Waals surface area contributed by atoms with Crippen LogP contribution in [0.5, 0.6) is 0 Å². The minimum atomic E-state index is -0.391. The van der Waals surface area contributed by atoms with Crippen molar-refractivity contribution in [2.45, 2.75) is 20.3 Å². The molecule has 0 bridgehead atoms. The van der Waals surface area contributed by atoms with Crippen molar-refractivity contribution in [3.05, 3.63) is 33.7 Å². The highest BCUT2D eigenvalue weighted by atomic mass is 16.6. The SMILES string of the molecule is CC/C=C(C)/C(=C\NC)[N+](=O)[O-]. The van der Waals surface area contributed by atoms with E-state index in [2.05, 4.69) is 5.32 Å². The van der Waals surface area contributed by atoms with E-state index in [-0.39, 0.29) is 5.70 Å². The lowest BCUT2D eigenvalue weighted by Gasteiger charge is -1.97. The van der Waals surface area contributed by atoms with Crippen LogP contribution in [0.2, 0.25) is 0 Å².